The van der Waals surface area contributed by atoms with Crippen molar-refractivity contribution in [3.05, 3.63) is 58.7 Å². The molecule has 0 radical (unpaired) electrons. The van der Waals surface area contributed by atoms with Gasteiger partial charge in [0.1, 0.15) is 0 Å². The molecule has 0 aliphatic carbocycles. The summed E-state index contributed by atoms with van der Waals surface area (Å²) in [6, 6.07) is 13.2. The Morgan fingerprint density at radius 3 is 1.37 bits per heavy atom. The van der Waals surface area contributed by atoms with Crippen molar-refractivity contribution < 1.29 is 0 Å². The van der Waals surface area contributed by atoms with Crippen molar-refractivity contribution in [1.29, 1.82) is 0 Å². The largest absolute Gasteiger partial charge is 0.349 e. The van der Waals surface area contributed by atoms with Gasteiger partial charge in [-0.1, -0.05) is 91.8 Å². The van der Waals surface area contributed by atoms with E-state index in [1.807, 2.05) is 0 Å². The fraction of sp³-hybridized carbons (Fsp3) is 0.519. The van der Waals surface area contributed by atoms with Crippen LogP contribution in [0.2, 0.25) is 0 Å². The van der Waals surface area contributed by atoms with Crippen LogP contribution in [0.15, 0.2) is 41.4 Å². The summed E-state index contributed by atoms with van der Waals surface area (Å²) in [5.74, 6) is 2.58. The topological polar surface area (TPSA) is 27.6 Å². The molecule has 3 nitrogen and oxygen atoms in total. The Hall–Kier alpha value is -2.29. The van der Waals surface area contributed by atoms with E-state index >= 15 is 0 Å². The molecule has 164 valence electrons. The smallest absolute Gasteiger partial charge is 0.203 e. The molecule has 1 N–H and O–H groups in total. The molecular formula is C27H41N3. The number of para-hydroxylation sites is 2. The molecule has 0 fully saturated rings. The fourth-order valence-electron chi connectivity index (χ4n) is 3.79. The zero-order valence-corrected chi connectivity index (χ0v) is 20.7. The first-order chi connectivity index (χ1) is 14.0. The number of nitrogens with zero attached hydrogens (tertiary/aromatic N) is 2. The third-order valence-corrected chi connectivity index (χ3v) is 5.59. The van der Waals surface area contributed by atoms with E-state index in [0.717, 1.165) is 11.6 Å². The van der Waals surface area contributed by atoms with Crippen molar-refractivity contribution in [2.75, 3.05) is 19.4 Å². The minimum Gasteiger partial charge on any atom is -0.349 e. The van der Waals surface area contributed by atoms with Crippen LogP contribution in [0.1, 0.15) is 101 Å². The maximum absolute atomic E-state index is 5.23. The highest BCUT2D eigenvalue weighted by atomic mass is 15.3. The summed E-state index contributed by atoms with van der Waals surface area (Å²) in [5.41, 5.74) is 7.55. The highest BCUT2D eigenvalue weighted by molar-refractivity contribution is 5.97. The standard InChI is InChI=1S/C27H41N3/c1-17(2)21-13-11-14-22(18(3)4)25(21)28-27(30(9)10)29-26-23(19(5)6)15-12-16-24(26)20(7)8/h11-20H,1-10H3,(H,28,29). The molecule has 2 rings (SSSR count). The van der Waals surface area contributed by atoms with Gasteiger partial charge in [0.2, 0.25) is 5.96 Å². The Morgan fingerprint density at radius 2 is 1.03 bits per heavy atom. The lowest BCUT2D eigenvalue weighted by Crippen LogP contribution is -2.30. The molecule has 2 aromatic carbocycles. The third kappa shape index (κ3) is 5.44. The average Bonchev–Trinajstić information content (AvgIpc) is 2.66. The van der Waals surface area contributed by atoms with Gasteiger partial charge in [-0.2, -0.15) is 0 Å². The average molecular weight is 408 g/mol. The second kappa shape index (κ2) is 10.1. The lowest BCUT2D eigenvalue weighted by Gasteiger charge is -2.25. The maximum Gasteiger partial charge on any atom is 0.203 e. The number of hydrogen-bond acceptors (Lipinski definition) is 1. The molecule has 0 heterocycles. The molecule has 30 heavy (non-hydrogen) atoms. The second-order valence-corrected chi connectivity index (χ2v) is 9.67. The summed E-state index contributed by atoms with van der Waals surface area (Å²) in [6.45, 7) is 18.0. The highest BCUT2D eigenvalue weighted by Crippen LogP contribution is 2.36. The van der Waals surface area contributed by atoms with E-state index in [2.05, 4.69) is 116 Å². The van der Waals surface area contributed by atoms with Crippen LogP contribution in [0.25, 0.3) is 0 Å². The van der Waals surface area contributed by atoms with E-state index in [0.29, 0.717) is 23.7 Å². The van der Waals surface area contributed by atoms with Crippen LogP contribution in [-0.2, 0) is 0 Å². The minimum absolute atomic E-state index is 0.417. The van der Waals surface area contributed by atoms with Crippen molar-refractivity contribution in [3.63, 3.8) is 0 Å². The number of nitrogens with one attached hydrogen (secondary N) is 1. The van der Waals surface area contributed by atoms with Crippen LogP contribution in [-0.4, -0.2) is 25.0 Å². The van der Waals surface area contributed by atoms with E-state index in [1.165, 1.54) is 27.9 Å². The van der Waals surface area contributed by atoms with Gasteiger partial charge in [0.25, 0.3) is 0 Å². The van der Waals surface area contributed by atoms with Crippen LogP contribution in [0.4, 0.5) is 11.4 Å². The lowest BCUT2D eigenvalue weighted by molar-refractivity contribution is 0.619. The number of rotatable bonds is 6. The summed E-state index contributed by atoms with van der Waals surface area (Å²) in [6.07, 6.45) is 0. The molecular weight excluding hydrogens is 366 g/mol. The van der Waals surface area contributed by atoms with Gasteiger partial charge in [-0.25, -0.2) is 4.99 Å². The predicted octanol–water partition coefficient (Wildman–Crippen LogP) is 7.84. The number of aliphatic imine (C=N–C) groups is 1. The zero-order valence-electron chi connectivity index (χ0n) is 20.7. The lowest BCUT2D eigenvalue weighted by atomic mass is 9.92. The number of anilines is 1. The van der Waals surface area contributed by atoms with Crippen LogP contribution in [0, 0.1) is 0 Å². The van der Waals surface area contributed by atoms with Crippen LogP contribution in [0.3, 0.4) is 0 Å². The Labute approximate surface area is 184 Å². The van der Waals surface area contributed by atoms with Crippen molar-refractivity contribution >= 4 is 17.3 Å². The predicted molar refractivity (Wildman–Crippen MR) is 134 cm³/mol. The van der Waals surface area contributed by atoms with E-state index < -0.39 is 0 Å². The van der Waals surface area contributed by atoms with Crippen molar-refractivity contribution in [2.24, 2.45) is 4.99 Å². The van der Waals surface area contributed by atoms with Crippen LogP contribution >= 0.6 is 0 Å². The minimum atomic E-state index is 0.417. The third-order valence-electron chi connectivity index (χ3n) is 5.59. The summed E-state index contributed by atoms with van der Waals surface area (Å²) in [4.78, 5) is 7.31. The summed E-state index contributed by atoms with van der Waals surface area (Å²) >= 11 is 0. The first kappa shape index (κ1) is 24.0. The van der Waals surface area contributed by atoms with Gasteiger partial charge in [-0.15, -0.1) is 0 Å². The number of hydrogen-bond donors (Lipinski definition) is 1. The van der Waals surface area contributed by atoms with Gasteiger partial charge in [-0.05, 0) is 45.9 Å². The summed E-state index contributed by atoms with van der Waals surface area (Å²) in [7, 11) is 4.12. The molecule has 3 heteroatoms. The Kier molecular flexibility index (Phi) is 8.11. The summed E-state index contributed by atoms with van der Waals surface area (Å²) < 4.78 is 0. The van der Waals surface area contributed by atoms with Crippen LogP contribution in [0.5, 0.6) is 0 Å². The Balaban J connectivity index is 2.69. The maximum atomic E-state index is 5.23. The first-order valence-electron chi connectivity index (χ1n) is 11.3. The monoisotopic (exact) mass is 407 g/mol. The molecule has 0 saturated carbocycles. The Morgan fingerprint density at radius 1 is 0.667 bits per heavy atom. The van der Waals surface area contributed by atoms with Crippen molar-refractivity contribution in [2.45, 2.75) is 79.1 Å². The van der Waals surface area contributed by atoms with E-state index in [-0.39, 0.29) is 0 Å². The van der Waals surface area contributed by atoms with E-state index in [1.54, 1.807) is 0 Å². The van der Waals surface area contributed by atoms with Gasteiger partial charge >= 0.3 is 0 Å². The van der Waals surface area contributed by atoms with Gasteiger partial charge in [0.15, 0.2) is 0 Å². The van der Waals surface area contributed by atoms with Gasteiger partial charge in [0, 0.05) is 19.8 Å². The zero-order chi connectivity index (χ0) is 22.6. The first-order valence-corrected chi connectivity index (χ1v) is 11.3. The molecule has 0 aliphatic heterocycles. The SMILES string of the molecule is CC(C)c1cccc(C(C)C)c1N=C(Nc1c(C(C)C)cccc1C(C)C)N(C)C. The fourth-order valence-corrected chi connectivity index (χ4v) is 3.79. The highest BCUT2D eigenvalue weighted by Gasteiger charge is 2.18. The molecule has 0 saturated heterocycles. The molecule has 0 amide bonds. The second-order valence-electron chi connectivity index (χ2n) is 9.67. The number of guanidine groups is 1. The van der Waals surface area contributed by atoms with Crippen LogP contribution < -0.4 is 5.32 Å². The van der Waals surface area contributed by atoms with Crippen molar-refractivity contribution in [1.82, 2.24) is 4.90 Å². The molecule has 0 atom stereocenters. The normalized spacial score (nSPS) is 12.4. The molecule has 2 aromatic rings. The summed E-state index contributed by atoms with van der Waals surface area (Å²) in [5, 5.41) is 3.74. The van der Waals surface area contributed by atoms with Crippen molar-refractivity contribution in [3.8, 4) is 0 Å². The van der Waals surface area contributed by atoms with E-state index in [9.17, 15) is 0 Å². The molecule has 0 spiro atoms. The van der Waals surface area contributed by atoms with E-state index in [4.69, 9.17) is 4.99 Å². The van der Waals surface area contributed by atoms with Gasteiger partial charge < -0.3 is 10.2 Å². The molecule has 0 aliphatic rings. The molecule has 0 unspecified atom stereocenters. The molecule has 0 bridgehead atoms. The number of benzene rings is 2. The Bertz CT molecular complexity index is 821. The van der Waals surface area contributed by atoms with Gasteiger partial charge in [-0.3, -0.25) is 0 Å². The van der Waals surface area contributed by atoms with Gasteiger partial charge in [0.05, 0.1) is 5.69 Å². The quantitative estimate of drug-likeness (QED) is 0.390. The molecule has 0 aromatic heterocycles.